The zero-order valence-electron chi connectivity index (χ0n) is 7.94. The summed E-state index contributed by atoms with van der Waals surface area (Å²) in [5.74, 6) is 0.935. The number of rotatable bonds is 2. The maximum absolute atomic E-state index is 8.62. The largest absolute Gasteiger partial charge is 0.411 e. The normalized spacial score (nSPS) is 26.3. The first-order chi connectivity index (χ1) is 6.72. The van der Waals surface area contributed by atoms with Gasteiger partial charge in [0.05, 0.1) is 5.71 Å². The van der Waals surface area contributed by atoms with Crippen molar-refractivity contribution in [1.82, 2.24) is 0 Å². The molecular formula is C11H12ClNO. The van der Waals surface area contributed by atoms with Gasteiger partial charge in [-0.05, 0) is 37.0 Å². The summed E-state index contributed by atoms with van der Waals surface area (Å²) in [6, 6.07) is 7.88. The summed E-state index contributed by atoms with van der Waals surface area (Å²) >= 11 is 5.80. The van der Waals surface area contributed by atoms with Crippen molar-refractivity contribution < 1.29 is 5.21 Å². The van der Waals surface area contributed by atoms with Crippen molar-refractivity contribution in [3.05, 3.63) is 34.9 Å². The predicted octanol–water partition coefficient (Wildman–Crippen LogP) is 3.29. The van der Waals surface area contributed by atoms with Gasteiger partial charge in [0, 0.05) is 10.9 Å². The minimum Gasteiger partial charge on any atom is -0.411 e. The van der Waals surface area contributed by atoms with Crippen molar-refractivity contribution in [3.8, 4) is 0 Å². The minimum absolute atomic E-state index is 0.418. The maximum Gasteiger partial charge on any atom is 0.0577 e. The average Bonchev–Trinajstić information content (AvgIpc) is 2.98. The third-order valence-corrected chi connectivity index (χ3v) is 3.03. The summed E-state index contributed by atoms with van der Waals surface area (Å²) in [4.78, 5) is 0. The SMILES string of the molecule is CC(=NO)[C@H]1C[C@@H]1c1ccc(Cl)cc1. The van der Waals surface area contributed by atoms with Crippen LogP contribution in [0.5, 0.6) is 0 Å². The molecule has 0 aromatic heterocycles. The lowest BCUT2D eigenvalue weighted by molar-refractivity contribution is 0.316. The van der Waals surface area contributed by atoms with Crippen LogP contribution in [-0.2, 0) is 0 Å². The first kappa shape index (κ1) is 9.53. The molecule has 0 saturated heterocycles. The van der Waals surface area contributed by atoms with Crippen molar-refractivity contribution in [3.63, 3.8) is 0 Å². The first-order valence-electron chi connectivity index (χ1n) is 4.66. The van der Waals surface area contributed by atoms with E-state index in [2.05, 4.69) is 5.16 Å². The number of halogens is 1. The van der Waals surface area contributed by atoms with Crippen LogP contribution in [0.15, 0.2) is 29.4 Å². The quantitative estimate of drug-likeness (QED) is 0.453. The van der Waals surface area contributed by atoms with Crippen LogP contribution in [-0.4, -0.2) is 10.9 Å². The molecule has 0 amide bonds. The van der Waals surface area contributed by atoms with Gasteiger partial charge < -0.3 is 5.21 Å². The Bertz CT molecular complexity index is 358. The van der Waals surface area contributed by atoms with Gasteiger partial charge in [0.15, 0.2) is 0 Å². The number of oxime groups is 1. The van der Waals surface area contributed by atoms with Crippen molar-refractivity contribution >= 4 is 17.3 Å². The van der Waals surface area contributed by atoms with Gasteiger partial charge in [-0.25, -0.2) is 0 Å². The Balaban J connectivity index is 2.10. The summed E-state index contributed by atoms with van der Waals surface area (Å²) in [6.45, 7) is 1.86. The van der Waals surface area contributed by atoms with Gasteiger partial charge >= 0.3 is 0 Å². The fourth-order valence-corrected chi connectivity index (χ4v) is 1.94. The summed E-state index contributed by atoms with van der Waals surface area (Å²) in [5, 5.41) is 12.6. The van der Waals surface area contributed by atoms with E-state index in [-0.39, 0.29) is 0 Å². The third-order valence-electron chi connectivity index (χ3n) is 2.78. The van der Waals surface area contributed by atoms with E-state index in [0.717, 1.165) is 17.2 Å². The summed E-state index contributed by atoms with van der Waals surface area (Å²) in [7, 11) is 0. The Morgan fingerprint density at radius 3 is 2.64 bits per heavy atom. The van der Waals surface area contributed by atoms with Crippen molar-refractivity contribution in [1.29, 1.82) is 0 Å². The van der Waals surface area contributed by atoms with Crippen LogP contribution >= 0.6 is 11.6 Å². The number of nitrogens with zero attached hydrogens (tertiary/aromatic N) is 1. The standard InChI is InChI=1S/C11H12ClNO/c1-7(13-14)10-6-11(10)8-2-4-9(12)5-3-8/h2-5,10-11,14H,6H2,1H3/t10-,11-/m1/s1. The molecule has 0 unspecified atom stereocenters. The lowest BCUT2D eigenvalue weighted by atomic mass is 10.1. The molecule has 1 N–H and O–H groups in total. The van der Waals surface area contributed by atoms with E-state index in [9.17, 15) is 0 Å². The Morgan fingerprint density at radius 2 is 2.07 bits per heavy atom. The van der Waals surface area contributed by atoms with Crippen LogP contribution in [0.3, 0.4) is 0 Å². The van der Waals surface area contributed by atoms with E-state index in [1.54, 1.807) is 0 Å². The molecule has 2 nitrogen and oxygen atoms in total. The van der Waals surface area contributed by atoms with Crippen molar-refractivity contribution in [2.45, 2.75) is 19.3 Å². The minimum atomic E-state index is 0.418. The molecule has 0 spiro atoms. The van der Waals surface area contributed by atoms with E-state index >= 15 is 0 Å². The number of benzene rings is 1. The molecule has 2 rings (SSSR count). The molecule has 1 saturated carbocycles. The molecule has 74 valence electrons. The predicted molar refractivity (Wildman–Crippen MR) is 57.2 cm³/mol. The molecule has 0 heterocycles. The van der Waals surface area contributed by atoms with Gasteiger partial charge in [0.2, 0.25) is 0 Å². The van der Waals surface area contributed by atoms with Gasteiger partial charge in [-0.2, -0.15) is 0 Å². The Kier molecular flexibility index (Phi) is 2.46. The highest BCUT2D eigenvalue weighted by atomic mass is 35.5. The third kappa shape index (κ3) is 1.75. The van der Waals surface area contributed by atoms with Crippen LogP contribution in [0.4, 0.5) is 0 Å². The Morgan fingerprint density at radius 1 is 1.43 bits per heavy atom. The lowest BCUT2D eigenvalue weighted by Crippen LogP contribution is -1.95. The lowest BCUT2D eigenvalue weighted by Gasteiger charge is -1.99. The highest BCUT2D eigenvalue weighted by Gasteiger charge is 2.40. The molecule has 1 fully saturated rings. The maximum atomic E-state index is 8.62. The molecule has 1 aliphatic rings. The van der Waals surface area contributed by atoms with Gasteiger partial charge in [0.25, 0.3) is 0 Å². The van der Waals surface area contributed by atoms with E-state index in [1.165, 1.54) is 5.56 Å². The molecule has 1 aromatic rings. The van der Waals surface area contributed by atoms with E-state index in [1.807, 2.05) is 31.2 Å². The highest BCUT2D eigenvalue weighted by Crippen LogP contribution is 2.48. The van der Waals surface area contributed by atoms with E-state index < -0.39 is 0 Å². The molecule has 1 aliphatic carbocycles. The van der Waals surface area contributed by atoms with Crippen molar-refractivity contribution in [2.75, 3.05) is 0 Å². The number of hydrogen-bond acceptors (Lipinski definition) is 2. The van der Waals surface area contributed by atoms with Gasteiger partial charge in [-0.1, -0.05) is 28.9 Å². The first-order valence-corrected chi connectivity index (χ1v) is 5.04. The fourth-order valence-electron chi connectivity index (χ4n) is 1.81. The molecule has 0 radical (unpaired) electrons. The average molecular weight is 210 g/mol. The van der Waals surface area contributed by atoms with Gasteiger partial charge in [0.1, 0.15) is 0 Å². The highest BCUT2D eigenvalue weighted by molar-refractivity contribution is 6.30. The Hall–Kier alpha value is -1.02. The monoisotopic (exact) mass is 209 g/mol. The van der Waals surface area contributed by atoms with E-state index in [4.69, 9.17) is 16.8 Å². The molecule has 0 bridgehead atoms. The number of hydrogen-bond donors (Lipinski definition) is 1. The second-order valence-electron chi connectivity index (χ2n) is 3.74. The molecule has 2 atom stereocenters. The molecule has 3 heteroatoms. The van der Waals surface area contributed by atoms with Crippen LogP contribution in [0.2, 0.25) is 5.02 Å². The van der Waals surface area contributed by atoms with Crippen molar-refractivity contribution in [2.24, 2.45) is 11.1 Å². The summed E-state index contributed by atoms with van der Waals surface area (Å²) in [5.41, 5.74) is 2.10. The van der Waals surface area contributed by atoms with Crippen LogP contribution in [0.25, 0.3) is 0 Å². The zero-order chi connectivity index (χ0) is 10.1. The summed E-state index contributed by atoms with van der Waals surface area (Å²) in [6.07, 6.45) is 1.08. The second kappa shape index (κ2) is 3.62. The summed E-state index contributed by atoms with van der Waals surface area (Å²) < 4.78 is 0. The van der Waals surface area contributed by atoms with Gasteiger partial charge in [-0.15, -0.1) is 0 Å². The molecule has 0 aliphatic heterocycles. The topological polar surface area (TPSA) is 32.6 Å². The van der Waals surface area contributed by atoms with Gasteiger partial charge in [-0.3, -0.25) is 0 Å². The van der Waals surface area contributed by atoms with Crippen LogP contribution < -0.4 is 0 Å². The Labute approximate surface area is 88.2 Å². The zero-order valence-corrected chi connectivity index (χ0v) is 8.70. The molecule has 1 aromatic carbocycles. The van der Waals surface area contributed by atoms with E-state index in [0.29, 0.717) is 11.8 Å². The smallest absolute Gasteiger partial charge is 0.0577 e. The van der Waals surface area contributed by atoms with Crippen LogP contribution in [0, 0.1) is 5.92 Å². The molecular weight excluding hydrogens is 198 g/mol. The molecule has 14 heavy (non-hydrogen) atoms. The van der Waals surface area contributed by atoms with Crippen LogP contribution in [0.1, 0.15) is 24.8 Å². The fraction of sp³-hybridized carbons (Fsp3) is 0.364. The second-order valence-corrected chi connectivity index (χ2v) is 4.18.